The number of carbonyl (C=O) groups is 1. The summed E-state index contributed by atoms with van der Waals surface area (Å²) in [5, 5.41) is 9.07. The number of rotatable bonds is 14. The number of amides is 1. The summed E-state index contributed by atoms with van der Waals surface area (Å²) in [6.07, 6.45) is 0.775. The first-order chi connectivity index (χ1) is 21.9. The van der Waals surface area contributed by atoms with Gasteiger partial charge in [-0.05, 0) is 77.7 Å². The first-order valence-electron chi connectivity index (χ1n) is 14.7. The van der Waals surface area contributed by atoms with Crippen LogP contribution in [0.1, 0.15) is 34.8 Å². The summed E-state index contributed by atoms with van der Waals surface area (Å²) >= 11 is 7.15. The molecule has 1 aliphatic heterocycles. The Hall–Kier alpha value is -3.70. The average Bonchev–Trinajstić information content (AvgIpc) is 3.46. The summed E-state index contributed by atoms with van der Waals surface area (Å²) < 4.78 is 19.7. The minimum atomic E-state index is -1.37. The van der Waals surface area contributed by atoms with E-state index in [0.717, 1.165) is 32.1 Å². The van der Waals surface area contributed by atoms with E-state index in [2.05, 4.69) is 42.7 Å². The molecule has 0 aromatic heterocycles. The molecule has 10 heteroatoms. The fourth-order valence-corrected chi connectivity index (χ4v) is 5.82. The molecule has 5 rings (SSSR count). The highest BCUT2D eigenvalue weighted by molar-refractivity contribution is 9.10. The average molecular weight is 737 g/mol. The molecule has 0 bridgehead atoms. The van der Waals surface area contributed by atoms with Crippen LogP contribution >= 0.6 is 31.9 Å². The predicted molar refractivity (Wildman–Crippen MR) is 182 cm³/mol. The van der Waals surface area contributed by atoms with E-state index in [0.29, 0.717) is 42.5 Å². The van der Waals surface area contributed by atoms with Crippen molar-refractivity contribution in [3.63, 3.8) is 0 Å². The van der Waals surface area contributed by atoms with Crippen molar-refractivity contribution in [1.82, 2.24) is 10.9 Å². The predicted octanol–water partition coefficient (Wildman–Crippen LogP) is 6.34. The molecule has 0 fully saturated rings. The highest BCUT2D eigenvalue weighted by atomic mass is 79.9. The number of hydrogen-bond acceptors (Lipinski definition) is 7. The maximum absolute atomic E-state index is 14.4. The number of nitrogens with zero attached hydrogens (tertiary/aromatic N) is 1. The number of benzene rings is 4. The topological polar surface area (TPSA) is 101 Å². The van der Waals surface area contributed by atoms with Crippen molar-refractivity contribution in [3.8, 4) is 11.5 Å². The molecule has 234 valence electrons. The van der Waals surface area contributed by atoms with Gasteiger partial charge in [-0.15, -0.1) is 0 Å². The number of ether oxygens (including phenoxy) is 3. The molecule has 45 heavy (non-hydrogen) atoms. The van der Waals surface area contributed by atoms with Crippen LogP contribution in [-0.2, 0) is 22.4 Å². The highest BCUT2D eigenvalue weighted by Crippen LogP contribution is 2.44. The Kier molecular flexibility index (Phi) is 11.3. The third-order valence-corrected chi connectivity index (χ3v) is 8.80. The van der Waals surface area contributed by atoms with Gasteiger partial charge in [-0.1, -0.05) is 74.3 Å². The van der Waals surface area contributed by atoms with Crippen LogP contribution in [0.5, 0.6) is 11.5 Å². The van der Waals surface area contributed by atoms with Gasteiger partial charge in [0.15, 0.2) is 11.6 Å². The van der Waals surface area contributed by atoms with E-state index >= 15 is 0 Å². The molecule has 0 aliphatic carbocycles. The monoisotopic (exact) mass is 735 g/mol. The fourth-order valence-electron chi connectivity index (χ4n) is 5.13. The lowest BCUT2D eigenvalue weighted by Crippen LogP contribution is -2.54. The van der Waals surface area contributed by atoms with Gasteiger partial charge in [0.2, 0.25) is 5.90 Å². The number of aliphatic imine (C=N–C) groups is 1. The Labute approximate surface area is 280 Å². The van der Waals surface area contributed by atoms with Gasteiger partial charge in [0.05, 0.1) is 13.7 Å². The second kappa shape index (κ2) is 15.5. The molecule has 1 heterocycles. The van der Waals surface area contributed by atoms with Crippen LogP contribution in [0, 0.1) is 0 Å². The van der Waals surface area contributed by atoms with Crippen LogP contribution < -0.4 is 20.3 Å². The van der Waals surface area contributed by atoms with E-state index in [1.807, 2.05) is 97.1 Å². The van der Waals surface area contributed by atoms with Crippen LogP contribution in [-0.4, -0.2) is 49.3 Å². The number of aliphatic hydroxyl groups excluding tert-OH is 1. The van der Waals surface area contributed by atoms with Crippen LogP contribution in [0.2, 0.25) is 0 Å². The summed E-state index contributed by atoms with van der Waals surface area (Å²) in [6, 6.07) is 30.8. The Bertz CT molecular complexity index is 1610. The second-order valence-electron chi connectivity index (χ2n) is 10.6. The molecular formula is C35H35Br2N3O5. The van der Waals surface area contributed by atoms with Crippen molar-refractivity contribution in [2.24, 2.45) is 4.99 Å². The third-order valence-electron chi connectivity index (χ3n) is 7.50. The number of hydrazine groups is 1. The minimum absolute atomic E-state index is 0.0646. The van der Waals surface area contributed by atoms with Gasteiger partial charge in [0.25, 0.3) is 5.91 Å². The number of carbonyl (C=O) groups excluding carboxylic acids is 1. The van der Waals surface area contributed by atoms with Gasteiger partial charge in [-0.3, -0.25) is 10.2 Å². The lowest BCUT2D eigenvalue weighted by atomic mass is 9.82. The van der Waals surface area contributed by atoms with Crippen molar-refractivity contribution >= 4 is 43.7 Å². The first kappa shape index (κ1) is 32.7. The SMILES string of the molecule is COc1cccc([C@@H]2OC(c3ccc(OCCCO)cc3)=N[C@]2(Cc2ccccc2Br)C(=O)NNCCc2ccc(Br)cc2)c1. The van der Waals surface area contributed by atoms with Crippen LogP contribution in [0.4, 0.5) is 0 Å². The quantitative estimate of drug-likeness (QED) is 0.103. The molecule has 0 spiro atoms. The summed E-state index contributed by atoms with van der Waals surface area (Å²) in [5.41, 5.74) is 8.24. The third kappa shape index (κ3) is 8.12. The number of halogens is 2. The Morgan fingerprint density at radius 1 is 0.978 bits per heavy atom. The van der Waals surface area contributed by atoms with Gasteiger partial charge in [0, 0.05) is 40.5 Å². The Morgan fingerprint density at radius 2 is 1.76 bits per heavy atom. The van der Waals surface area contributed by atoms with E-state index in [4.69, 9.17) is 24.3 Å². The normalized spacial score (nSPS) is 17.3. The largest absolute Gasteiger partial charge is 0.497 e. The standard InChI is InChI=1S/C35H35Br2N3O5/c1-43-30-8-4-7-26(22-30)32-35(23-27-6-2-3-9-31(27)37,34(42)40-38-19-18-24-10-14-28(36)15-11-24)39-33(45-32)25-12-16-29(17-13-25)44-21-5-20-41/h2-4,6-17,22,32,38,41H,5,18-21,23H2,1H3,(H,40,42)/t32-,35-/m0/s1. The lowest BCUT2D eigenvalue weighted by Gasteiger charge is -2.31. The zero-order valence-corrected chi connectivity index (χ0v) is 28.0. The summed E-state index contributed by atoms with van der Waals surface area (Å²) in [7, 11) is 1.61. The first-order valence-corrected chi connectivity index (χ1v) is 16.3. The summed E-state index contributed by atoms with van der Waals surface area (Å²) in [6.45, 7) is 1.00. The Morgan fingerprint density at radius 3 is 2.49 bits per heavy atom. The minimum Gasteiger partial charge on any atom is -0.497 e. The molecule has 3 N–H and O–H groups in total. The van der Waals surface area contributed by atoms with Crippen molar-refractivity contribution in [2.45, 2.75) is 30.9 Å². The Balaban J connectivity index is 1.49. The van der Waals surface area contributed by atoms with E-state index < -0.39 is 11.6 Å². The molecule has 0 radical (unpaired) electrons. The van der Waals surface area contributed by atoms with Gasteiger partial charge in [-0.25, -0.2) is 10.4 Å². The molecule has 0 saturated heterocycles. The molecule has 1 aliphatic rings. The molecular weight excluding hydrogens is 702 g/mol. The zero-order chi connectivity index (χ0) is 31.6. The van der Waals surface area contributed by atoms with E-state index in [9.17, 15) is 4.79 Å². The lowest BCUT2D eigenvalue weighted by molar-refractivity contribution is -0.130. The number of hydrogen-bond donors (Lipinski definition) is 3. The van der Waals surface area contributed by atoms with E-state index in [-0.39, 0.29) is 18.9 Å². The van der Waals surface area contributed by atoms with Crippen LogP contribution in [0.15, 0.2) is 111 Å². The molecule has 4 aromatic carbocycles. The van der Waals surface area contributed by atoms with Crippen LogP contribution in [0.25, 0.3) is 0 Å². The molecule has 8 nitrogen and oxygen atoms in total. The van der Waals surface area contributed by atoms with Crippen molar-refractivity contribution < 1.29 is 24.1 Å². The molecule has 0 saturated carbocycles. The number of nitrogens with one attached hydrogen (secondary N) is 2. The van der Waals surface area contributed by atoms with Gasteiger partial charge < -0.3 is 19.3 Å². The molecule has 4 aromatic rings. The fraction of sp³-hybridized carbons (Fsp3) is 0.257. The van der Waals surface area contributed by atoms with Crippen molar-refractivity contribution in [2.75, 3.05) is 26.9 Å². The maximum atomic E-state index is 14.4. The highest BCUT2D eigenvalue weighted by Gasteiger charge is 2.53. The van der Waals surface area contributed by atoms with Crippen molar-refractivity contribution in [3.05, 3.63) is 128 Å². The maximum Gasteiger partial charge on any atom is 0.266 e. The molecule has 0 unspecified atom stereocenters. The van der Waals surface area contributed by atoms with Gasteiger partial charge in [-0.2, -0.15) is 0 Å². The molecule has 1 amide bonds. The van der Waals surface area contributed by atoms with Gasteiger partial charge in [0.1, 0.15) is 11.5 Å². The summed E-state index contributed by atoms with van der Waals surface area (Å²) in [5.74, 6) is 1.35. The van der Waals surface area contributed by atoms with E-state index in [1.165, 1.54) is 0 Å². The molecule has 2 atom stereocenters. The van der Waals surface area contributed by atoms with Crippen LogP contribution in [0.3, 0.4) is 0 Å². The zero-order valence-electron chi connectivity index (χ0n) is 24.8. The second-order valence-corrected chi connectivity index (χ2v) is 12.4. The summed E-state index contributed by atoms with van der Waals surface area (Å²) in [4.78, 5) is 19.5. The number of aliphatic hydroxyl groups is 1. The number of methoxy groups -OCH3 is 1. The van der Waals surface area contributed by atoms with E-state index in [1.54, 1.807) is 7.11 Å². The van der Waals surface area contributed by atoms with Crippen molar-refractivity contribution in [1.29, 1.82) is 0 Å². The smallest absolute Gasteiger partial charge is 0.266 e. The van der Waals surface area contributed by atoms with Gasteiger partial charge >= 0.3 is 0 Å².